The largest absolute Gasteiger partial charge is 0.346 e. The number of amides is 3. The molecule has 120 valence electrons. The number of fused-ring (bicyclic) bond motifs is 4. The predicted octanol–water partition coefficient (Wildman–Crippen LogP) is 2.84. The second kappa shape index (κ2) is 4.85. The van der Waals surface area contributed by atoms with Gasteiger partial charge in [-0.05, 0) is 25.0 Å². The SMILES string of the molecule is CCCN1C(=O)C2Cc3c(n(C)c4ccccc34)C(C)N2C1=O. The highest BCUT2D eigenvalue weighted by Gasteiger charge is 2.50. The molecule has 4 rings (SSSR count). The second-order valence-electron chi connectivity index (χ2n) is 6.52. The van der Waals surface area contributed by atoms with Crippen molar-refractivity contribution >= 4 is 22.8 Å². The van der Waals surface area contributed by atoms with E-state index in [0.717, 1.165) is 17.6 Å². The molecule has 5 heteroatoms. The smallest absolute Gasteiger partial charge is 0.328 e. The number of carbonyl (C=O) groups excluding carboxylic acids is 2. The van der Waals surface area contributed by atoms with E-state index in [9.17, 15) is 9.59 Å². The van der Waals surface area contributed by atoms with E-state index in [1.54, 1.807) is 4.90 Å². The summed E-state index contributed by atoms with van der Waals surface area (Å²) in [5.74, 6) is -0.0396. The first-order valence-corrected chi connectivity index (χ1v) is 8.26. The number of benzene rings is 1. The summed E-state index contributed by atoms with van der Waals surface area (Å²) in [5, 5.41) is 1.20. The fraction of sp³-hybridized carbons (Fsp3) is 0.444. The molecule has 1 aromatic carbocycles. The Morgan fingerprint density at radius 3 is 2.70 bits per heavy atom. The highest BCUT2D eigenvalue weighted by Crippen LogP contribution is 2.41. The fourth-order valence-corrected chi connectivity index (χ4v) is 4.28. The van der Waals surface area contributed by atoms with E-state index in [1.165, 1.54) is 15.8 Å². The lowest BCUT2D eigenvalue weighted by Crippen LogP contribution is -2.43. The Balaban J connectivity index is 1.87. The Morgan fingerprint density at radius 1 is 1.22 bits per heavy atom. The minimum absolute atomic E-state index is 0.0396. The van der Waals surface area contributed by atoms with Crippen molar-refractivity contribution in [3.8, 4) is 0 Å². The first-order valence-electron chi connectivity index (χ1n) is 8.26. The summed E-state index contributed by atoms with van der Waals surface area (Å²) in [7, 11) is 2.05. The van der Waals surface area contributed by atoms with Gasteiger partial charge in [-0.1, -0.05) is 25.1 Å². The third-order valence-electron chi connectivity index (χ3n) is 5.26. The molecule has 0 spiro atoms. The molecule has 2 unspecified atom stereocenters. The Kier molecular flexibility index (Phi) is 3.01. The zero-order valence-electron chi connectivity index (χ0n) is 13.7. The van der Waals surface area contributed by atoms with Crippen molar-refractivity contribution in [3.63, 3.8) is 0 Å². The molecule has 3 heterocycles. The van der Waals surface area contributed by atoms with Crippen LogP contribution in [0.2, 0.25) is 0 Å². The van der Waals surface area contributed by atoms with E-state index in [0.29, 0.717) is 13.0 Å². The number of nitrogens with zero attached hydrogens (tertiary/aromatic N) is 3. The van der Waals surface area contributed by atoms with Gasteiger partial charge in [-0.25, -0.2) is 4.79 Å². The van der Waals surface area contributed by atoms with Crippen molar-refractivity contribution in [1.82, 2.24) is 14.4 Å². The van der Waals surface area contributed by atoms with E-state index in [-0.39, 0.29) is 24.0 Å². The Hall–Kier alpha value is -2.30. The highest BCUT2D eigenvalue weighted by atomic mass is 16.2. The number of urea groups is 1. The van der Waals surface area contributed by atoms with Crippen molar-refractivity contribution in [2.24, 2.45) is 7.05 Å². The van der Waals surface area contributed by atoms with Gasteiger partial charge in [0, 0.05) is 36.6 Å². The lowest BCUT2D eigenvalue weighted by Gasteiger charge is -2.34. The molecule has 0 N–H and O–H groups in total. The van der Waals surface area contributed by atoms with Crippen LogP contribution in [0.1, 0.15) is 37.6 Å². The molecule has 1 aromatic heterocycles. The van der Waals surface area contributed by atoms with Gasteiger partial charge >= 0.3 is 6.03 Å². The van der Waals surface area contributed by atoms with E-state index < -0.39 is 0 Å². The predicted molar refractivity (Wildman–Crippen MR) is 88.1 cm³/mol. The number of carbonyl (C=O) groups is 2. The molecule has 0 bridgehead atoms. The number of aryl methyl sites for hydroxylation is 1. The van der Waals surface area contributed by atoms with Crippen molar-refractivity contribution in [2.75, 3.05) is 6.54 Å². The maximum Gasteiger partial charge on any atom is 0.328 e. The fourth-order valence-electron chi connectivity index (χ4n) is 4.28. The molecule has 23 heavy (non-hydrogen) atoms. The maximum atomic E-state index is 12.7. The van der Waals surface area contributed by atoms with Crippen LogP contribution in [0.15, 0.2) is 24.3 Å². The molecule has 0 radical (unpaired) electrons. The minimum Gasteiger partial charge on any atom is -0.346 e. The molecule has 1 fully saturated rings. The second-order valence-corrected chi connectivity index (χ2v) is 6.52. The van der Waals surface area contributed by atoms with Crippen LogP contribution in [0.25, 0.3) is 10.9 Å². The van der Waals surface area contributed by atoms with Gasteiger partial charge in [0.05, 0.1) is 6.04 Å². The molecule has 3 amide bonds. The van der Waals surface area contributed by atoms with Gasteiger partial charge in [-0.2, -0.15) is 0 Å². The summed E-state index contributed by atoms with van der Waals surface area (Å²) in [6.45, 7) is 4.53. The van der Waals surface area contributed by atoms with Crippen LogP contribution in [0.3, 0.4) is 0 Å². The van der Waals surface area contributed by atoms with Crippen LogP contribution in [0.4, 0.5) is 4.79 Å². The summed E-state index contributed by atoms with van der Waals surface area (Å²) in [6.07, 6.45) is 1.41. The van der Waals surface area contributed by atoms with Gasteiger partial charge in [-0.3, -0.25) is 9.69 Å². The monoisotopic (exact) mass is 311 g/mol. The van der Waals surface area contributed by atoms with E-state index in [1.807, 2.05) is 33.0 Å². The Bertz CT molecular complexity index is 823. The number of aromatic nitrogens is 1. The molecule has 2 atom stereocenters. The number of imide groups is 1. The zero-order chi connectivity index (χ0) is 16.3. The first-order chi connectivity index (χ1) is 11.1. The zero-order valence-corrected chi connectivity index (χ0v) is 13.7. The van der Waals surface area contributed by atoms with Gasteiger partial charge in [0.25, 0.3) is 5.91 Å². The van der Waals surface area contributed by atoms with Gasteiger partial charge in [0.1, 0.15) is 6.04 Å². The first kappa shape index (κ1) is 14.3. The summed E-state index contributed by atoms with van der Waals surface area (Å²) in [4.78, 5) is 28.6. The maximum absolute atomic E-state index is 12.7. The third kappa shape index (κ3) is 1.73. The molecule has 1 saturated heterocycles. The van der Waals surface area contributed by atoms with Gasteiger partial charge in [0.2, 0.25) is 0 Å². The highest BCUT2D eigenvalue weighted by molar-refractivity contribution is 6.05. The van der Waals surface area contributed by atoms with Crippen LogP contribution >= 0.6 is 0 Å². The summed E-state index contributed by atoms with van der Waals surface area (Å²) < 4.78 is 2.17. The number of para-hydroxylation sites is 1. The van der Waals surface area contributed by atoms with Crippen molar-refractivity contribution in [1.29, 1.82) is 0 Å². The standard InChI is InChI=1S/C18H21N3O2/c1-4-9-20-17(22)15-10-13-12-7-5-6-8-14(12)19(3)16(13)11(2)21(15)18(20)23/h5-8,11,15H,4,9-10H2,1-3H3. The third-order valence-corrected chi connectivity index (χ3v) is 5.26. The summed E-state index contributed by atoms with van der Waals surface area (Å²) in [5.41, 5.74) is 3.54. The number of rotatable bonds is 2. The summed E-state index contributed by atoms with van der Waals surface area (Å²) in [6, 6.07) is 7.70. The topological polar surface area (TPSA) is 45.6 Å². The van der Waals surface area contributed by atoms with Crippen LogP contribution in [0.5, 0.6) is 0 Å². The molecule has 0 saturated carbocycles. The number of hydrogen-bond donors (Lipinski definition) is 0. The van der Waals surface area contributed by atoms with Crippen LogP contribution in [-0.2, 0) is 18.3 Å². The summed E-state index contributed by atoms with van der Waals surface area (Å²) >= 11 is 0. The van der Waals surface area contributed by atoms with Gasteiger partial charge in [0.15, 0.2) is 0 Å². The lowest BCUT2D eigenvalue weighted by molar-refractivity contribution is -0.128. The van der Waals surface area contributed by atoms with Crippen molar-refractivity contribution in [3.05, 3.63) is 35.5 Å². The molecular formula is C18H21N3O2. The minimum atomic E-state index is -0.345. The quantitative estimate of drug-likeness (QED) is 0.801. The average Bonchev–Trinajstić information content (AvgIpc) is 2.97. The molecule has 2 aliphatic heterocycles. The Labute approximate surface area is 135 Å². The molecular weight excluding hydrogens is 290 g/mol. The molecule has 0 aliphatic carbocycles. The molecule has 5 nitrogen and oxygen atoms in total. The average molecular weight is 311 g/mol. The molecule has 2 aromatic rings. The van der Waals surface area contributed by atoms with Crippen LogP contribution in [0, 0.1) is 0 Å². The van der Waals surface area contributed by atoms with Crippen LogP contribution < -0.4 is 0 Å². The lowest BCUT2D eigenvalue weighted by atomic mass is 9.93. The van der Waals surface area contributed by atoms with E-state index in [4.69, 9.17) is 0 Å². The van der Waals surface area contributed by atoms with Gasteiger partial charge < -0.3 is 9.47 Å². The molecule has 2 aliphatic rings. The van der Waals surface area contributed by atoms with Crippen molar-refractivity contribution in [2.45, 2.75) is 38.8 Å². The Morgan fingerprint density at radius 2 is 1.96 bits per heavy atom. The van der Waals surface area contributed by atoms with Gasteiger partial charge in [-0.15, -0.1) is 0 Å². The van der Waals surface area contributed by atoms with Crippen LogP contribution in [-0.4, -0.2) is 38.9 Å². The normalized spacial score (nSPS) is 23.6. The van der Waals surface area contributed by atoms with Crippen molar-refractivity contribution < 1.29 is 9.59 Å². The van der Waals surface area contributed by atoms with E-state index >= 15 is 0 Å². The van der Waals surface area contributed by atoms with E-state index in [2.05, 4.69) is 16.7 Å². The number of hydrogen-bond acceptors (Lipinski definition) is 2.